The third kappa shape index (κ3) is 6.53. The molecule has 2 fully saturated rings. The Morgan fingerprint density at radius 3 is 2.65 bits per heavy atom. The summed E-state index contributed by atoms with van der Waals surface area (Å²) < 4.78 is 42.8. The van der Waals surface area contributed by atoms with Crippen LogP contribution in [-0.4, -0.2) is 90.5 Å². The highest BCUT2D eigenvalue weighted by atomic mass is 32.2. The van der Waals surface area contributed by atoms with Crippen molar-refractivity contribution in [1.29, 1.82) is 0 Å². The number of carbonyl (C=O) groups excluding carboxylic acids is 3. The first-order valence-corrected chi connectivity index (χ1v) is 13.3. The molecular weight excluding hydrogens is 467 g/mol. The number of amides is 2. The van der Waals surface area contributed by atoms with E-state index in [9.17, 15) is 32.3 Å². The molecule has 1 N–H and O–H groups in total. The first-order valence-electron chi connectivity index (χ1n) is 11.5. The van der Waals surface area contributed by atoms with E-state index in [-0.39, 0.29) is 36.5 Å². The van der Waals surface area contributed by atoms with E-state index in [2.05, 4.69) is 0 Å². The summed E-state index contributed by atoms with van der Waals surface area (Å²) in [6, 6.07) is 4.28. The molecule has 0 spiro atoms. The van der Waals surface area contributed by atoms with Crippen molar-refractivity contribution in [3.05, 3.63) is 35.6 Å². The molecule has 0 aromatic heterocycles. The second kappa shape index (κ2) is 11.3. The maximum atomic E-state index is 13.9. The van der Waals surface area contributed by atoms with Crippen molar-refractivity contribution in [2.24, 2.45) is 0 Å². The summed E-state index contributed by atoms with van der Waals surface area (Å²) in [5.41, 5.74) is 0.175. The first-order chi connectivity index (χ1) is 16.1. The van der Waals surface area contributed by atoms with Crippen LogP contribution in [0, 0.1) is 5.82 Å². The SMILES string of the molecule is CCCCN(C(=O)COC(=O)C1CC(O)CN1C(=O)Cc1ccccc1F)C1CCS(=O)(=O)C1. The zero-order chi connectivity index (χ0) is 24.9. The lowest BCUT2D eigenvalue weighted by atomic mass is 10.1. The normalized spacial score (nSPS) is 23.6. The van der Waals surface area contributed by atoms with Crippen LogP contribution in [-0.2, 0) is 35.4 Å². The number of aliphatic hydroxyl groups excluding tert-OH is 1. The summed E-state index contributed by atoms with van der Waals surface area (Å²) in [7, 11) is -3.20. The molecule has 2 aliphatic heterocycles. The third-order valence-electron chi connectivity index (χ3n) is 6.23. The van der Waals surface area contributed by atoms with Gasteiger partial charge in [0.1, 0.15) is 11.9 Å². The van der Waals surface area contributed by atoms with Gasteiger partial charge in [-0.2, -0.15) is 0 Å². The third-order valence-corrected chi connectivity index (χ3v) is 7.98. The van der Waals surface area contributed by atoms with Gasteiger partial charge in [0.25, 0.3) is 5.91 Å². The van der Waals surface area contributed by atoms with Crippen LogP contribution < -0.4 is 0 Å². The summed E-state index contributed by atoms with van der Waals surface area (Å²) in [6.45, 7) is 1.64. The van der Waals surface area contributed by atoms with Gasteiger partial charge >= 0.3 is 5.97 Å². The number of ether oxygens (including phenoxy) is 1. The number of unbranched alkanes of at least 4 members (excludes halogenated alkanes) is 1. The fourth-order valence-corrected chi connectivity index (χ4v) is 6.12. The first kappa shape index (κ1) is 26.1. The molecule has 2 saturated heterocycles. The maximum absolute atomic E-state index is 13.9. The molecule has 34 heavy (non-hydrogen) atoms. The Balaban J connectivity index is 1.61. The van der Waals surface area contributed by atoms with Crippen molar-refractivity contribution < 1.29 is 37.0 Å². The van der Waals surface area contributed by atoms with Crippen LogP contribution in [0.1, 0.15) is 38.2 Å². The average molecular weight is 499 g/mol. The number of hydrogen-bond acceptors (Lipinski definition) is 7. The van der Waals surface area contributed by atoms with E-state index in [4.69, 9.17) is 4.74 Å². The molecule has 2 heterocycles. The molecule has 3 atom stereocenters. The second-order valence-electron chi connectivity index (χ2n) is 8.82. The Hall–Kier alpha value is -2.53. The Morgan fingerprint density at radius 1 is 1.26 bits per heavy atom. The van der Waals surface area contributed by atoms with Crippen LogP contribution in [0.25, 0.3) is 0 Å². The van der Waals surface area contributed by atoms with Gasteiger partial charge in [-0.25, -0.2) is 17.6 Å². The predicted molar refractivity (Wildman–Crippen MR) is 121 cm³/mol. The number of carbonyl (C=O) groups is 3. The second-order valence-corrected chi connectivity index (χ2v) is 11.1. The summed E-state index contributed by atoms with van der Waals surface area (Å²) in [5.74, 6) is -2.49. The van der Waals surface area contributed by atoms with Crippen LogP contribution in [0.5, 0.6) is 0 Å². The predicted octanol–water partition coefficient (Wildman–Crippen LogP) is 0.689. The molecule has 1 aromatic carbocycles. The smallest absolute Gasteiger partial charge is 0.329 e. The maximum Gasteiger partial charge on any atom is 0.329 e. The highest BCUT2D eigenvalue weighted by Crippen LogP contribution is 2.22. The summed E-state index contributed by atoms with van der Waals surface area (Å²) in [6.07, 6.45) is 0.576. The van der Waals surface area contributed by atoms with Crippen LogP contribution in [0.2, 0.25) is 0 Å². The van der Waals surface area contributed by atoms with Crippen molar-refractivity contribution in [2.45, 2.75) is 57.2 Å². The minimum atomic E-state index is -3.20. The topological polar surface area (TPSA) is 121 Å². The number of likely N-dealkylation sites (tertiary alicyclic amines) is 1. The standard InChI is InChI=1S/C23H31FN2O7S/c1-2-3-9-25(17-8-10-34(31,32)15-17)22(29)14-33-23(30)20-12-18(27)13-26(20)21(28)11-16-6-4-5-7-19(16)24/h4-7,17-18,20,27H,2-3,8-15H2,1H3. The molecule has 188 valence electrons. The monoisotopic (exact) mass is 498 g/mol. The molecule has 0 bridgehead atoms. The van der Waals surface area contributed by atoms with Crippen molar-refractivity contribution in [3.8, 4) is 0 Å². The zero-order valence-corrected chi connectivity index (χ0v) is 20.0. The minimum Gasteiger partial charge on any atom is -0.454 e. The molecule has 0 saturated carbocycles. The van der Waals surface area contributed by atoms with E-state index in [1.54, 1.807) is 6.07 Å². The van der Waals surface area contributed by atoms with Gasteiger partial charge in [0, 0.05) is 25.6 Å². The minimum absolute atomic E-state index is 0.0202. The van der Waals surface area contributed by atoms with Gasteiger partial charge in [0.05, 0.1) is 24.0 Å². The lowest BCUT2D eigenvalue weighted by Gasteiger charge is -2.28. The van der Waals surface area contributed by atoms with Gasteiger partial charge in [-0.3, -0.25) is 9.59 Å². The number of hydrogen-bond donors (Lipinski definition) is 1. The number of esters is 1. The molecule has 3 unspecified atom stereocenters. The van der Waals surface area contributed by atoms with Gasteiger partial charge in [0.2, 0.25) is 5.91 Å². The molecular formula is C23H31FN2O7S. The molecule has 1 aromatic rings. The summed E-state index contributed by atoms with van der Waals surface area (Å²) in [5, 5.41) is 10.0. The summed E-state index contributed by atoms with van der Waals surface area (Å²) >= 11 is 0. The lowest BCUT2D eigenvalue weighted by Crippen LogP contribution is -2.46. The van der Waals surface area contributed by atoms with Crippen LogP contribution in [0.15, 0.2) is 24.3 Å². The Morgan fingerprint density at radius 2 is 2.00 bits per heavy atom. The number of aliphatic hydroxyl groups is 1. The molecule has 11 heteroatoms. The van der Waals surface area contributed by atoms with Gasteiger partial charge in [-0.15, -0.1) is 0 Å². The van der Waals surface area contributed by atoms with Crippen molar-refractivity contribution >= 4 is 27.6 Å². The van der Waals surface area contributed by atoms with E-state index >= 15 is 0 Å². The number of β-amino-alcohol motifs (C(OH)–C–C–N with tert-alkyl or cyclic N) is 1. The van der Waals surface area contributed by atoms with Crippen LogP contribution in [0.3, 0.4) is 0 Å². The van der Waals surface area contributed by atoms with E-state index < -0.39 is 58.2 Å². The quantitative estimate of drug-likeness (QED) is 0.497. The highest BCUT2D eigenvalue weighted by Gasteiger charge is 2.41. The lowest BCUT2D eigenvalue weighted by molar-refractivity contribution is -0.158. The fraction of sp³-hybridized carbons (Fsp3) is 0.609. The van der Waals surface area contributed by atoms with E-state index in [0.717, 1.165) is 11.3 Å². The molecule has 3 rings (SSSR count). The number of sulfone groups is 1. The van der Waals surface area contributed by atoms with Crippen LogP contribution >= 0.6 is 0 Å². The molecule has 2 aliphatic rings. The molecule has 0 radical (unpaired) electrons. The average Bonchev–Trinajstić information content (AvgIpc) is 3.36. The van der Waals surface area contributed by atoms with E-state index in [1.807, 2.05) is 6.92 Å². The summed E-state index contributed by atoms with van der Waals surface area (Å²) in [4.78, 5) is 40.9. The van der Waals surface area contributed by atoms with Gasteiger partial charge in [-0.1, -0.05) is 31.5 Å². The van der Waals surface area contributed by atoms with Gasteiger partial charge in [0.15, 0.2) is 16.4 Å². The molecule has 2 amide bonds. The fourth-order valence-electron chi connectivity index (χ4n) is 4.39. The molecule has 0 aliphatic carbocycles. The van der Waals surface area contributed by atoms with Gasteiger partial charge < -0.3 is 19.6 Å². The number of halogens is 1. The van der Waals surface area contributed by atoms with Crippen LogP contribution in [0.4, 0.5) is 4.39 Å². The molecule has 9 nitrogen and oxygen atoms in total. The van der Waals surface area contributed by atoms with E-state index in [1.165, 1.54) is 23.1 Å². The number of benzene rings is 1. The largest absolute Gasteiger partial charge is 0.454 e. The Labute approximate surface area is 198 Å². The van der Waals surface area contributed by atoms with Crippen molar-refractivity contribution in [2.75, 3.05) is 31.2 Å². The number of nitrogens with zero attached hydrogens (tertiary/aromatic N) is 2. The Bertz CT molecular complexity index is 1020. The Kier molecular flexibility index (Phi) is 8.64. The van der Waals surface area contributed by atoms with Gasteiger partial charge in [-0.05, 0) is 24.5 Å². The highest BCUT2D eigenvalue weighted by molar-refractivity contribution is 7.91. The number of rotatable bonds is 9. The van der Waals surface area contributed by atoms with Crippen molar-refractivity contribution in [1.82, 2.24) is 9.80 Å². The zero-order valence-electron chi connectivity index (χ0n) is 19.2. The van der Waals surface area contributed by atoms with E-state index in [0.29, 0.717) is 19.4 Å². The van der Waals surface area contributed by atoms with Crippen molar-refractivity contribution in [3.63, 3.8) is 0 Å².